The first-order valence-corrected chi connectivity index (χ1v) is 10.2. The number of nitrogens with zero attached hydrogens (tertiary/aromatic N) is 1. The molecule has 3 heterocycles. The van der Waals surface area contributed by atoms with Gasteiger partial charge in [-0.3, -0.25) is 4.79 Å². The average Bonchev–Trinajstić information content (AvgIpc) is 3.45. The summed E-state index contributed by atoms with van der Waals surface area (Å²) in [6.07, 6.45) is 3.18. The van der Waals surface area contributed by atoms with Crippen molar-refractivity contribution in [1.29, 1.82) is 0 Å². The van der Waals surface area contributed by atoms with Gasteiger partial charge < -0.3 is 19.1 Å². The second-order valence-electron chi connectivity index (χ2n) is 6.43. The highest BCUT2D eigenvalue weighted by Crippen LogP contribution is 2.34. The Labute approximate surface area is 176 Å². The third-order valence-electron chi connectivity index (χ3n) is 4.30. The number of rotatable bonds is 6. The fourth-order valence-electron chi connectivity index (χ4n) is 2.73. The van der Waals surface area contributed by atoms with Gasteiger partial charge in [0, 0.05) is 10.7 Å². The van der Waals surface area contributed by atoms with Crippen LogP contribution in [0.25, 0.3) is 22.9 Å². The number of imidazole rings is 1. The van der Waals surface area contributed by atoms with E-state index < -0.39 is 5.25 Å². The molecule has 29 heavy (non-hydrogen) atoms. The third-order valence-corrected chi connectivity index (χ3v) is 5.69. The van der Waals surface area contributed by atoms with E-state index >= 15 is 0 Å². The Balaban J connectivity index is 1.53. The molecule has 0 radical (unpaired) electrons. The van der Waals surface area contributed by atoms with Gasteiger partial charge in [0.1, 0.15) is 11.4 Å². The number of amides is 1. The van der Waals surface area contributed by atoms with Gasteiger partial charge in [-0.2, -0.15) is 0 Å². The zero-order valence-electron chi connectivity index (χ0n) is 15.7. The molecule has 0 spiro atoms. The Bertz CT molecular complexity index is 1070. The van der Waals surface area contributed by atoms with Crippen molar-refractivity contribution in [3.8, 4) is 22.9 Å². The Kier molecular flexibility index (Phi) is 5.51. The maximum Gasteiger partial charge on any atom is 0.237 e. The van der Waals surface area contributed by atoms with E-state index in [1.165, 1.54) is 11.8 Å². The highest BCUT2D eigenvalue weighted by atomic mass is 35.5. The first kappa shape index (κ1) is 19.4. The number of aryl methyl sites for hydroxylation is 1. The lowest BCUT2D eigenvalue weighted by molar-refractivity contribution is -0.115. The smallest absolute Gasteiger partial charge is 0.237 e. The lowest BCUT2D eigenvalue weighted by Gasteiger charge is -2.11. The summed E-state index contributed by atoms with van der Waals surface area (Å²) in [6, 6.07) is 12.7. The Morgan fingerprint density at radius 3 is 2.55 bits per heavy atom. The molecule has 0 bridgehead atoms. The van der Waals surface area contributed by atoms with Gasteiger partial charge in [-0.15, -0.1) is 0 Å². The molecule has 148 valence electrons. The predicted molar refractivity (Wildman–Crippen MR) is 114 cm³/mol. The van der Waals surface area contributed by atoms with Crippen LogP contribution in [0.1, 0.15) is 12.5 Å². The van der Waals surface area contributed by atoms with Crippen molar-refractivity contribution < 1.29 is 13.6 Å². The number of aromatic nitrogens is 2. The largest absolute Gasteiger partial charge is 0.463 e. The first-order chi connectivity index (χ1) is 14.0. The van der Waals surface area contributed by atoms with Crippen molar-refractivity contribution in [1.82, 2.24) is 9.97 Å². The van der Waals surface area contributed by atoms with Gasteiger partial charge in [-0.1, -0.05) is 29.4 Å². The molecule has 1 unspecified atom stereocenters. The zero-order chi connectivity index (χ0) is 20.4. The number of carbonyl (C=O) groups excluding carboxylic acids is 1. The summed E-state index contributed by atoms with van der Waals surface area (Å²) in [5.74, 6) is 1.11. The normalized spacial score (nSPS) is 12.1. The minimum atomic E-state index is -0.393. The topological polar surface area (TPSA) is 84.1 Å². The number of carbonyl (C=O) groups is 1. The number of hydrogen-bond acceptors (Lipinski definition) is 5. The molecule has 6 nitrogen and oxygen atoms in total. The van der Waals surface area contributed by atoms with Crippen LogP contribution in [-0.2, 0) is 4.79 Å². The molecule has 0 saturated carbocycles. The van der Waals surface area contributed by atoms with Gasteiger partial charge in [-0.25, -0.2) is 4.98 Å². The second kappa shape index (κ2) is 8.23. The summed E-state index contributed by atoms with van der Waals surface area (Å²) in [7, 11) is 0. The molecule has 1 atom stereocenters. The van der Waals surface area contributed by atoms with E-state index in [-0.39, 0.29) is 5.91 Å². The maximum absolute atomic E-state index is 12.6. The average molecular weight is 428 g/mol. The summed E-state index contributed by atoms with van der Waals surface area (Å²) in [5.41, 5.74) is 2.94. The first-order valence-electron chi connectivity index (χ1n) is 8.92. The molecule has 0 aliphatic rings. The van der Waals surface area contributed by atoms with E-state index in [1.807, 2.05) is 38.1 Å². The third kappa shape index (κ3) is 4.26. The van der Waals surface area contributed by atoms with Gasteiger partial charge in [0.15, 0.2) is 16.7 Å². The van der Waals surface area contributed by atoms with E-state index in [4.69, 9.17) is 20.4 Å². The fraction of sp³-hybridized carbons (Fsp3) is 0.143. The summed E-state index contributed by atoms with van der Waals surface area (Å²) in [5, 5.41) is 3.69. The number of furan rings is 2. The second-order valence-corrected chi connectivity index (χ2v) is 8.17. The number of nitrogens with one attached hydrogen (secondary N) is 2. The van der Waals surface area contributed by atoms with Crippen molar-refractivity contribution in [2.24, 2.45) is 0 Å². The minimum Gasteiger partial charge on any atom is -0.463 e. The van der Waals surface area contributed by atoms with Gasteiger partial charge in [0.2, 0.25) is 5.91 Å². The van der Waals surface area contributed by atoms with E-state index in [0.29, 0.717) is 38.8 Å². The van der Waals surface area contributed by atoms with Crippen molar-refractivity contribution in [2.45, 2.75) is 24.3 Å². The van der Waals surface area contributed by atoms with Gasteiger partial charge in [-0.05, 0) is 55.8 Å². The molecule has 4 rings (SSSR count). The highest BCUT2D eigenvalue weighted by Gasteiger charge is 2.22. The van der Waals surface area contributed by atoms with Gasteiger partial charge >= 0.3 is 0 Å². The molecule has 0 saturated heterocycles. The molecule has 2 N–H and O–H groups in total. The molecule has 0 fully saturated rings. The van der Waals surface area contributed by atoms with Crippen molar-refractivity contribution in [2.75, 3.05) is 5.32 Å². The van der Waals surface area contributed by atoms with Crippen LogP contribution in [0.5, 0.6) is 0 Å². The number of thioether (sulfide) groups is 1. The van der Waals surface area contributed by atoms with E-state index in [9.17, 15) is 4.79 Å². The van der Waals surface area contributed by atoms with Crippen LogP contribution in [0.4, 0.5) is 5.69 Å². The minimum absolute atomic E-state index is 0.148. The maximum atomic E-state index is 12.6. The Hall–Kier alpha value is -2.90. The lowest BCUT2D eigenvalue weighted by Crippen LogP contribution is -2.22. The van der Waals surface area contributed by atoms with Crippen molar-refractivity contribution in [3.05, 3.63) is 65.6 Å². The van der Waals surface area contributed by atoms with E-state index in [1.54, 1.807) is 30.7 Å². The highest BCUT2D eigenvalue weighted by molar-refractivity contribution is 8.00. The van der Waals surface area contributed by atoms with E-state index in [0.717, 1.165) is 5.56 Å². The number of aromatic amines is 1. The van der Waals surface area contributed by atoms with Crippen LogP contribution in [0.3, 0.4) is 0 Å². The molecule has 4 aromatic rings. The predicted octanol–water partition coefficient (Wildman–Crippen LogP) is 6.01. The molecule has 8 heteroatoms. The van der Waals surface area contributed by atoms with Crippen molar-refractivity contribution in [3.63, 3.8) is 0 Å². The zero-order valence-corrected chi connectivity index (χ0v) is 17.3. The number of hydrogen-bond donors (Lipinski definition) is 2. The van der Waals surface area contributed by atoms with Crippen LogP contribution >= 0.6 is 23.4 Å². The number of anilines is 1. The summed E-state index contributed by atoms with van der Waals surface area (Å²) in [6.45, 7) is 3.73. The SMILES string of the molecule is Cc1ccc(NC(=O)C(C)Sc2nc(-c3ccco3)c(-c3ccco3)[nH]2)cc1Cl. The monoisotopic (exact) mass is 427 g/mol. The Morgan fingerprint density at radius 2 is 1.90 bits per heavy atom. The number of halogens is 1. The molecular weight excluding hydrogens is 410 g/mol. The summed E-state index contributed by atoms with van der Waals surface area (Å²) >= 11 is 7.45. The summed E-state index contributed by atoms with van der Waals surface area (Å²) in [4.78, 5) is 20.5. The van der Waals surface area contributed by atoms with Gasteiger partial charge in [0.05, 0.1) is 17.8 Å². The van der Waals surface area contributed by atoms with Crippen LogP contribution in [0.15, 0.2) is 69.0 Å². The van der Waals surface area contributed by atoms with Crippen LogP contribution < -0.4 is 5.32 Å². The van der Waals surface area contributed by atoms with Crippen LogP contribution in [-0.4, -0.2) is 21.1 Å². The number of H-pyrrole nitrogens is 1. The molecule has 1 amide bonds. The number of benzene rings is 1. The van der Waals surface area contributed by atoms with Crippen molar-refractivity contribution >= 4 is 35.0 Å². The van der Waals surface area contributed by atoms with E-state index in [2.05, 4.69) is 15.3 Å². The standard InChI is InChI=1S/C21H18ClN3O3S/c1-12-7-8-14(11-15(12)22)23-20(26)13(2)29-21-24-18(16-5-3-9-27-16)19(25-21)17-6-4-10-28-17/h3-11,13H,1-2H3,(H,23,26)(H,24,25). The fourth-order valence-corrected chi connectivity index (χ4v) is 3.72. The van der Waals surface area contributed by atoms with Crippen LogP contribution in [0.2, 0.25) is 5.02 Å². The Morgan fingerprint density at radius 1 is 1.17 bits per heavy atom. The molecular formula is C21H18ClN3O3S. The molecule has 0 aliphatic heterocycles. The molecule has 3 aromatic heterocycles. The molecule has 0 aliphatic carbocycles. The molecule has 1 aromatic carbocycles. The lowest BCUT2D eigenvalue weighted by atomic mass is 10.2. The van der Waals surface area contributed by atoms with Crippen LogP contribution in [0, 0.1) is 6.92 Å². The quantitative estimate of drug-likeness (QED) is 0.368. The van der Waals surface area contributed by atoms with Gasteiger partial charge in [0.25, 0.3) is 0 Å². The summed E-state index contributed by atoms with van der Waals surface area (Å²) < 4.78 is 11.0.